The van der Waals surface area contributed by atoms with Crippen LogP contribution in [0.3, 0.4) is 0 Å². The highest BCUT2D eigenvalue weighted by Crippen LogP contribution is 2.42. The van der Waals surface area contributed by atoms with Gasteiger partial charge in [-0.1, -0.05) is 0 Å². The zero-order chi connectivity index (χ0) is 12.5. The molecule has 1 aromatic carbocycles. The fourth-order valence-corrected chi connectivity index (χ4v) is 2.32. The van der Waals surface area contributed by atoms with Crippen molar-refractivity contribution >= 4 is 15.9 Å². The lowest BCUT2D eigenvalue weighted by Crippen LogP contribution is -2.30. The second-order valence-electron chi connectivity index (χ2n) is 4.00. The van der Waals surface area contributed by atoms with Gasteiger partial charge in [0.25, 0.3) is 0 Å². The number of hydrogen-bond donors (Lipinski definition) is 1. The topological polar surface area (TPSA) is 44.5 Å². The summed E-state index contributed by atoms with van der Waals surface area (Å²) in [5.41, 5.74) is 5.81. The first-order valence-electron chi connectivity index (χ1n) is 4.72. The lowest BCUT2D eigenvalue weighted by atomic mass is 9.94. The molecule has 0 radical (unpaired) electrons. The predicted octanol–water partition coefficient (Wildman–Crippen LogP) is 2.80. The molecule has 1 rings (SSSR count). The minimum atomic E-state index is -0.737. The Bertz CT molecular complexity index is 402. The summed E-state index contributed by atoms with van der Waals surface area (Å²) in [6.45, 7) is 3.54. The van der Waals surface area contributed by atoms with E-state index in [0.29, 0.717) is 21.5 Å². The number of halogens is 2. The molecule has 0 fully saturated rings. The van der Waals surface area contributed by atoms with Crippen molar-refractivity contribution < 1.29 is 13.9 Å². The van der Waals surface area contributed by atoms with Crippen LogP contribution in [0.2, 0.25) is 0 Å². The van der Waals surface area contributed by atoms with Crippen molar-refractivity contribution in [1.29, 1.82) is 0 Å². The van der Waals surface area contributed by atoms with Gasteiger partial charge in [-0.05, 0) is 29.8 Å². The molecular formula is C11H15BrFNO2. The third-order valence-electron chi connectivity index (χ3n) is 2.21. The van der Waals surface area contributed by atoms with Gasteiger partial charge in [-0.15, -0.1) is 0 Å². The number of nitrogens with two attached hydrogens (primary N) is 1. The number of ether oxygens (including phenoxy) is 2. The smallest absolute Gasteiger partial charge is 0.167 e. The van der Waals surface area contributed by atoms with Crippen molar-refractivity contribution in [1.82, 2.24) is 0 Å². The molecule has 2 N–H and O–H groups in total. The minimum absolute atomic E-state index is 0.303. The number of methoxy groups -OCH3 is 2. The van der Waals surface area contributed by atoms with E-state index in [1.54, 1.807) is 13.8 Å². The molecule has 3 nitrogen and oxygen atoms in total. The van der Waals surface area contributed by atoms with Crippen molar-refractivity contribution in [3.05, 3.63) is 21.9 Å². The van der Waals surface area contributed by atoms with Crippen LogP contribution in [0.15, 0.2) is 10.5 Å². The molecule has 16 heavy (non-hydrogen) atoms. The van der Waals surface area contributed by atoms with Gasteiger partial charge in [0.1, 0.15) is 5.82 Å². The fourth-order valence-electron chi connectivity index (χ4n) is 1.52. The average molecular weight is 292 g/mol. The lowest BCUT2D eigenvalue weighted by molar-refractivity contribution is 0.339. The SMILES string of the molecule is COc1cc(F)c(Br)c(C(C)(C)N)c1OC. The summed E-state index contributed by atoms with van der Waals surface area (Å²) in [7, 11) is 2.95. The van der Waals surface area contributed by atoms with Gasteiger partial charge in [0, 0.05) is 17.2 Å². The van der Waals surface area contributed by atoms with E-state index in [0.717, 1.165) is 0 Å². The summed E-state index contributed by atoms with van der Waals surface area (Å²) < 4.78 is 24.2. The summed E-state index contributed by atoms with van der Waals surface area (Å²) in [5.74, 6) is 0.353. The summed E-state index contributed by atoms with van der Waals surface area (Å²) >= 11 is 3.18. The van der Waals surface area contributed by atoms with Crippen LogP contribution in [-0.4, -0.2) is 14.2 Å². The number of rotatable bonds is 3. The van der Waals surface area contributed by atoms with Crippen molar-refractivity contribution in [3.8, 4) is 11.5 Å². The first kappa shape index (κ1) is 13.3. The normalized spacial score (nSPS) is 11.4. The molecular weight excluding hydrogens is 277 g/mol. The van der Waals surface area contributed by atoms with E-state index in [-0.39, 0.29) is 0 Å². The third kappa shape index (κ3) is 2.30. The standard InChI is InChI=1S/C11H15BrFNO2/c1-11(2,14)8-9(12)6(13)5-7(15-3)10(8)16-4/h5H,14H2,1-4H3. The van der Waals surface area contributed by atoms with Gasteiger partial charge < -0.3 is 15.2 Å². The van der Waals surface area contributed by atoms with E-state index in [1.165, 1.54) is 20.3 Å². The van der Waals surface area contributed by atoms with E-state index in [1.807, 2.05) is 0 Å². The van der Waals surface area contributed by atoms with Crippen molar-refractivity contribution in [3.63, 3.8) is 0 Å². The molecule has 0 aliphatic heterocycles. The van der Waals surface area contributed by atoms with Crippen LogP contribution in [0.25, 0.3) is 0 Å². The molecule has 0 unspecified atom stereocenters. The maximum atomic E-state index is 13.6. The van der Waals surface area contributed by atoms with Crippen LogP contribution in [0.4, 0.5) is 4.39 Å². The summed E-state index contributed by atoms with van der Waals surface area (Å²) in [6, 6.07) is 1.26. The number of benzene rings is 1. The van der Waals surface area contributed by atoms with E-state index in [4.69, 9.17) is 15.2 Å². The number of hydrogen-bond acceptors (Lipinski definition) is 3. The van der Waals surface area contributed by atoms with Gasteiger partial charge in [-0.3, -0.25) is 0 Å². The lowest BCUT2D eigenvalue weighted by Gasteiger charge is -2.25. The van der Waals surface area contributed by atoms with E-state index < -0.39 is 11.4 Å². The zero-order valence-corrected chi connectivity index (χ0v) is 11.3. The molecule has 0 saturated heterocycles. The Kier molecular flexibility index (Phi) is 3.80. The van der Waals surface area contributed by atoms with Crippen molar-refractivity contribution in [2.45, 2.75) is 19.4 Å². The van der Waals surface area contributed by atoms with Crippen molar-refractivity contribution in [2.24, 2.45) is 5.73 Å². The molecule has 0 aliphatic rings. The van der Waals surface area contributed by atoms with Crippen LogP contribution in [0.5, 0.6) is 11.5 Å². The van der Waals surface area contributed by atoms with Gasteiger partial charge in [0.2, 0.25) is 0 Å². The Hall–Kier alpha value is -0.810. The molecule has 5 heteroatoms. The monoisotopic (exact) mass is 291 g/mol. The maximum Gasteiger partial charge on any atom is 0.167 e. The van der Waals surface area contributed by atoms with E-state index >= 15 is 0 Å². The third-order valence-corrected chi connectivity index (χ3v) is 2.98. The molecule has 90 valence electrons. The van der Waals surface area contributed by atoms with Crippen LogP contribution in [-0.2, 0) is 5.54 Å². The van der Waals surface area contributed by atoms with Gasteiger partial charge >= 0.3 is 0 Å². The van der Waals surface area contributed by atoms with Gasteiger partial charge in [-0.25, -0.2) is 4.39 Å². The Morgan fingerprint density at radius 3 is 2.25 bits per heavy atom. The highest BCUT2D eigenvalue weighted by Gasteiger charge is 2.27. The predicted molar refractivity (Wildman–Crippen MR) is 64.4 cm³/mol. The molecule has 0 atom stereocenters. The molecule has 0 saturated carbocycles. The van der Waals surface area contributed by atoms with E-state index in [2.05, 4.69) is 15.9 Å². The van der Waals surface area contributed by atoms with Crippen LogP contribution in [0, 0.1) is 5.82 Å². The first-order chi connectivity index (χ1) is 7.32. The Balaban J connectivity index is 3.60. The molecule has 0 bridgehead atoms. The van der Waals surface area contributed by atoms with Gasteiger partial charge in [0.15, 0.2) is 11.5 Å². The highest BCUT2D eigenvalue weighted by molar-refractivity contribution is 9.10. The van der Waals surface area contributed by atoms with Crippen LogP contribution < -0.4 is 15.2 Å². The Morgan fingerprint density at radius 1 is 1.31 bits per heavy atom. The molecule has 0 amide bonds. The van der Waals surface area contributed by atoms with Crippen molar-refractivity contribution in [2.75, 3.05) is 14.2 Å². The molecule has 0 aliphatic carbocycles. The second kappa shape index (κ2) is 4.59. The Morgan fingerprint density at radius 2 is 1.88 bits per heavy atom. The Labute approximate surface area is 103 Å². The largest absolute Gasteiger partial charge is 0.493 e. The van der Waals surface area contributed by atoms with E-state index in [9.17, 15) is 4.39 Å². The molecule has 0 spiro atoms. The fraction of sp³-hybridized carbons (Fsp3) is 0.455. The average Bonchev–Trinajstić information content (AvgIpc) is 2.19. The maximum absolute atomic E-state index is 13.6. The van der Waals surface area contributed by atoms with Gasteiger partial charge in [-0.2, -0.15) is 0 Å². The summed E-state index contributed by atoms with van der Waals surface area (Å²) in [4.78, 5) is 0. The first-order valence-corrected chi connectivity index (χ1v) is 5.51. The quantitative estimate of drug-likeness (QED) is 0.931. The minimum Gasteiger partial charge on any atom is -0.493 e. The molecule has 0 heterocycles. The summed E-state index contributed by atoms with van der Waals surface area (Å²) in [5, 5.41) is 0. The highest BCUT2D eigenvalue weighted by atomic mass is 79.9. The van der Waals surface area contributed by atoms with Crippen LogP contribution >= 0.6 is 15.9 Å². The second-order valence-corrected chi connectivity index (χ2v) is 4.80. The molecule has 0 aromatic heterocycles. The van der Waals surface area contributed by atoms with Crippen LogP contribution in [0.1, 0.15) is 19.4 Å². The zero-order valence-electron chi connectivity index (χ0n) is 9.73. The molecule has 1 aromatic rings. The summed E-state index contributed by atoms with van der Waals surface area (Å²) in [6.07, 6.45) is 0. The van der Waals surface area contributed by atoms with Gasteiger partial charge in [0.05, 0.1) is 18.7 Å².